The quantitative estimate of drug-likeness (QED) is 0.382. The van der Waals surface area contributed by atoms with E-state index in [2.05, 4.69) is 20.1 Å². The number of hydrogen-bond donors (Lipinski definition) is 1. The van der Waals surface area contributed by atoms with Crippen LogP contribution in [0, 0.1) is 19.7 Å². The van der Waals surface area contributed by atoms with E-state index in [0.717, 1.165) is 40.9 Å². The van der Waals surface area contributed by atoms with Gasteiger partial charge in [-0.1, -0.05) is 24.6 Å². The van der Waals surface area contributed by atoms with Crippen LogP contribution < -0.4 is 5.32 Å². The Kier molecular flexibility index (Phi) is 6.98. The largest absolute Gasteiger partial charge is 0.352 e. The van der Waals surface area contributed by atoms with Crippen LogP contribution in [0.5, 0.6) is 0 Å². The highest BCUT2D eigenvalue weighted by Crippen LogP contribution is 2.33. The van der Waals surface area contributed by atoms with E-state index in [4.69, 9.17) is 0 Å². The molecule has 1 fully saturated rings. The van der Waals surface area contributed by atoms with Crippen LogP contribution in [0.15, 0.2) is 35.5 Å². The maximum absolute atomic E-state index is 13.3. The van der Waals surface area contributed by atoms with Gasteiger partial charge in [0.15, 0.2) is 5.16 Å². The lowest BCUT2D eigenvalue weighted by Gasteiger charge is -2.16. The molecule has 4 rings (SSSR count). The second-order valence-corrected chi connectivity index (χ2v) is 9.14. The monoisotopic (exact) mass is 455 g/mol. The predicted molar refractivity (Wildman–Crippen MR) is 125 cm³/mol. The molecule has 0 radical (unpaired) electrons. The molecule has 6 nitrogen and oxygen atoms in total. The summed E-state index contributed by atoms with van der Waals surface area (Å²) in [5.74, 6) is 0.654. The molecule has 1 aromatic carbocycles. The zero-order valence-electron chi connectivity index (χ0n) is 18.9. The Hall–Kier alpha value is -2.61. The van der Waals surface area contributed by atoms with Gasteiger partial charge in [-0.05, 0) is 69.7 Å². The third kappa shape index (κ3) is 4.60. The molecule has 0 atom stereocenters. The third-order valence-electron chi connectivity index (χ3n) is 6.23. The summed E-state index contributed by atoms with van der Waals surface area (Å²) in [7, 11) is 0. The summed E-state index contributed by atoms with van der Waals surface area (Å²) in [6.45, 7) is 4.44. The zero-order chi connectivity index (χ0) is 22.7. The van der Waals surface area contributed by atoms with E-state index in [0.29, 0.717) is 18.2 Å². The minimum Gasteiger partial charge on any atom is -0.352 e. The molecule has 3 aromatic rings. The number of rotatable bonds is 8. The average molecular weight is 456 g/mol. The van der Waals surface area contributed by atoms with Gasteiger partial charge in [0, 0.05) is 36.1 Å². The standard InChI is InChI=1S/C24H30FN5OS/c1-16-15-21(17(2)29(16)20-12-10-18(25)11-13-20)23(31)26-14-6-9-22-27-28-24(32-3)30(22)19-7-4-5-8-19/h10-13,15,19H,4-9,14H2,1-3H3,(H,26,31). The maximum Gasteiger partial charge on any atom is 0.253 e. The van der Waals surface area contributed by atoms with Crippen LogP contribution in [0.4, 0.5) is 4.39 Å². The lowest BCUT2D eigenvalue weighted by Crippen LogP contribution is -2.25. The van der Waals surface area contributed by atoms with Crippen molar-refractivity contribution in [1.82, 2.24) is 24.6 Å². The van der Waals surface area contributed by atoms with Crippen LogP contribution in [0.1, 0.15) is 65.7 Å². The van der Waals surface area contributed by atoms with Crippen LogP contribution in [0.2, 0.25) is 0 Å². The first kappa shape index (κ1) is 22.6. The predicted octanol–water partition coefficient (Wildman–Crippen LogP) is 5.02. The van der Waals surface area contributed by atoms with Gasteiger partial charge in [-0.2, -0.15) is 0 Å². The number of carbonyl (C=O) groups excluding carboxylic acids is 1. The third-order valence-corrected chi connectivity index (χ3v) is 6.87. The van der Waals surface area contributed by atoms with E-state index in [1.54, 1.807) is 23.9 Å². The first-order valence-electron chi connectivity index (χ1n) is 11.2. The fourth-order valence-electron chi connectivity index (χ4n) is 4.67. The molecule has 32 heavy (non-hydrogen) atoms. The summed E-state index contributed by atoms with van der Waals surface area (Å²) < 4.78 is 17.6. The molecule has 1 saturated carbocycles. The van der Waals surface area contributed by atoms with Crippen molar-refractivity contribution in [3.05, 3.63) is 58.9 Å². The Morgan fingerprint density at radius 3 is 2.59 bits per heavy atom. The molecule has 170 valence electrons. The molecule has 1 aliphatic rings. The van der Waals surface area contributed by atoms with E-state index >= 15 is 0 Å². The van der Waals surface area contributed by atoms with Gasteiger partial charge in [-0.15, -0.1) is 10.2 Å². The van der Waals surface area contributed by atoms with Gasteiger partial charge < -0.3 is 14.5 Å². The summed E-state index contributed by atoms with van der Waals surface area (Å²) in [4.78, 5) is 12.8. The number of carbonyl (C=O) groups is 1. The van der Waals surface area contributed by atoms with E-state index in [-0.39, 0.29) is 11.7 Å². The minimum atomic E-state index is -0.275. The summed E-state index contributed by atoms with van der Waals surface area (Å²) in [5.41, 5.74) is 3.27. The molecule has 0 bridgehead atoms. The number of thioether (sulfide) groups is 1. The van der Waals surface area contributed by atoms with Gasteiger partial charge in [-0.25, -0.2) is 4.39 Å². The van der Waals surface area contributed by atoms with Gasteiger partial charge in [0.25, 0.3) is 5.91 Å². The molecule has 0 spiro atoms. The van der Waals surface area contributed by atoms with Crippen LogP contribution in [0.3, 0.4) is 0 Å². The molecule has 0 unspecified atom stereocenters. The Labute approximate surface area is 192 Å². The minimum absolute atomic E-state index is 0.0893. The first-order chi connectivity index (χ1) is 15.5. The number of amides is 1. The topological polar surface area (TPSA) is 64.7 Å². The van der Waals surface area contributed by atoms with Crippen molar-refractivity contribution < 1.29 is 9.18 Å². The molecule has 1 aliphatic carbocycles. The Morgan fingerprint density at radius 2 is 1.91 bits per heavy atom. The number of hydrogen-bond acceptors (Lipinski definition) is 4. The fraction of sp³-hybridized carbons (Fsp3) is 0.458. The lowest BCUT2D eigenvalue weighted by atomic mass is 10.2. The molecule has 8 heteroatoms. The van der Waals surface area contributed by atoms with E-state index in [9.17, 15) is 9.18 Å². The molecule has 2 aromatic heterocycles. The summed E-state index contributed by atoms with van der Waals surface area (Å²) >= 11 is 1.65. The van der Waals surface area contributed by atoms with Crippen molar-refractivity contribution in [2.45, 2.75) is 63.6 Å². The lowest BCUT2D eigenvalue weighted by molar-refractivity contribution is 0.0952. The van der Waals surface area contributed by atoms with Crippen LogP contribution in [-0.4, -0.2) is 38.0 Å². The van der Waals surface area contributed by atoms with Crippen LogP contribution in [0.25, 0.3) is 5.69 Å². The summed E-state index contributed by atoms with van der Waals surface area (Å²) in [6.07, 6.45) is 8.56. The molecular weight excluding hydrogens is 425 g/mol. The van der Waals surface area contributed by atoms with Gasteiger partial charge in [-0.3, -0.25) is 4.79 Å². The van der Waals surface area contributed by atoms with Crippen LogP contribution in [-0.2, 0) is 6.42 Å². The van der Waals surface area contributed by atoms with Crippen LogP contribution >= 0.6 is 11.8 Å². The highest BCUT2D eigenvalue weighted by molar-refractivity contribution is 7.98. The van der Waals surface area contributed by atoms with E-state index in [1.165, 1.54) is 37.8 Å². The number of halogens is 1. The number of aryl methyl sites for hydroxylation is 2. The van der Waals surface area contributed by atoms with Gasteiger partial charge in [0.1, 0.15) is 11.6 Å². The Morgan fingerprint density at radius 1 is 1.19 bits per heavy atom. The first-order valence-corrected chi connectivity index (χ1v) is 12.4. The molecular formula is C24H30FN5OS. The fourth-order valence-corrected chi connectivity index (χ4v) is 5.24. The number of nitrogens with one attached hydrogen (secondary N) is 1. The zero-order valence-corrected chi connectivity index (χ0v) is 19.7. The van der Waals surface area contributed by atoms with Gasteiger partial charge in [0.05, 0.1) is 5.56 Å². The highest BCUT2D eigenvalue weighted by atomic mass is 32.2. The second-order valence-electron chi connectivity index (χ2n) is 8.37. The van der Waals surface area contributed by atoms with Gasteiger partial charge in [0.2, 0.25) is 0 Å². The van der Waals surface area contributed by atoms with Crippen molar-refractivity contribution >= 4 is 17.7 Å². The van der Waals surface area contributed by atoms with Crippen molar-refractivity contribution in [3.8, 4) is 5.69 Å². The second kappa shape index (κ2) is 9.90. The van der Waals surface area contributed by atoms with E-state index < -0.39 is 0 Å². The van der Waals surface area contributed by atoms with Crippen molar-refractivity contribution in [2.24, 2.45) is 0 Å². The van der Waals surface area contributed by atoms with E-state index in [1.807, 2.05) is 30.7 Å². The normalized spacial score (nSPS) is 14.2. The average Bonchev–Trinajstić information content (AvgIpc) is 3.51. The molecule has 1 amide bonds. The number of nitrogens with zero attached hydrogens (tertiary/aromatic N) is 4. The summed E-state index contributed by atoms with van der Waals surface area (Å²) in [5, 5.41) is 12.8. The number of benzene rings is 1. The van der Waals surface area contributed by atoms with Crippen molar-refractivity contribution in [1.29, 1.82) is 0 Å². The number of aromatic nitrogens is 4. The Balaban J connectivity index is 1.38. The molecule has 1 N–H and O–H groups in total. The summed E-state index contributed by atoms with van der Waals surface area (Å²) in [6, 6.07) is 8.70. The highest BCUT2D eigenvalue weighted by Gasteiger charge is 2.23. The SMILES string of the molecule is CSc1nnc(CCCNC(=O)c2cc(C)n(-c3ccc(F)cc3)c2C)n1C1CCCC1. The molecule has 0 aliphatic heterocycles. The van der Waals surface area contributed by atoms with Crippen molar-refractivity contribution in [3.63, 3.8) is 0 Å². The molecule has 2 heterocycles. The Bertz CT molecular complexity index is 1080. The smallest absolute Gasteiger partial charge is 0.253 e. The molecule has 0 saturated heterocycles. The van der Waals surface area contributed by atoms with Crippen molar-refractivity contribution in [2.75, 3.05) is 12.8 Å². The maximum atomic E-state index is 13.3. The van der Waals surface area contributed by atoms with Gasteiger partial charge >= 0.3 is 0 Å².